The summed E-state index contributed by atoms with van der Waals surface area (Å²) in [6.07, 6.45) is 2.72. The van der Waals surface area contributed by atoms with E-state index in [0.717, 1.165) is 12.1 Å². The van der Waals surface area contributed by atoms with Crippen molar-refractivity contribution >= 4 is 23.2 Å². The van der Waals surface area contributed by atoms with Gasteiger partial charge in [-0.25, -0.2) is 0 Å². The Balaban J connectivity index is 1.68. The number of anilines is 2. The maximum atomic E-state index is 12.7. The van der Waals surface area contributed by atoms with Crippen molar-refractivity contribution in [2.24, 2.45) is 0 Å². The fourth-order valence-corrected chi connectivity index (χ4v) is 2.91. The van der Waals surface area contributed by atoms with Gasteiger partial charge in [0.15, 0.2) is 0 Å². The minimum absolute atomic E-state index is 0.0728. The smallest absolute Gasteiger partial charge is 0.259 e. The molecule has 3 heterocycles. The molecular weight excluding hydrogens is 266 g/mol. The summed E-state index contributed by atoms with van der Waals surface area (Å²) < 4.78 is 0. The van der Waals surface area contributed by atoms with Crippen LogP contribution in [0.5, 0.6) is 0 Å². The number of rotatable bonds is 1. The van der Waals surface area contributed by atoms with Crippen LogP contribution in [0.1, 0.15) is 21.6 Å². The highest BCUT2D eigenvalue weighted by molar-refractivity contribution is 6.08. The maximum Gasteiger partial charge on any atom is 0.259 e. The molecule has 1 aromatic heterocycles. The number of para-hydroxylation sites is 1. The van der Waals surface area contributed by atoms with Gasteiger partial charge < -0.3 is 10.2 Å². The van der Waals surface area contributed by atoms with Crippen molar-refractivity contribution in [3.05, 3.63) is 53.3 Å². The summed E-state index contributed by atoms with van der Waals surface area (Å²) in [5.41, 5.74) is 4.02. The third-order valence-electron chi connectivity index (χ3n) is 3.95. The molecule has 1 aromatic carbocycles. The lowest BCUT2D eigenvalue weighted by molar-refractivity contribution is -0.115. The molecule has 0 spiro atoms. The SMILES string of the molecule is O=C1Cc2ncc(C(=O)N3CCc4ccccc43)cc2N1. The normalized spacial score (nSPS) is 15.6. The molecule has 2 aromatic rings. The van der Waals surface area contributed by atoms with E-state index in [1.165, 1.54) is 5.56 Å². The van der Waals surface area contributed by atoms with Crippen molar-refractivity contribution in [1.82, 2.24) is 4.98 Å². The molecule has 4 rings (SSSR count). The first-order valence-corrected chi connectivity index (χ1v) is 6.91. The summed E-state index contributed by atoms with van der Waals surface area (Å²) in [5.74, 6) is -0.148. The highest BCUT2D eigenvalue weighted by Gasteiger charge is 2.27. The molecule has 0 saturated heterocycles. The maximum absolute atomic E-state index is 12.7. The number of amides is 2. The summed E-state index contributed by atoms with van der Waals surface area (Å²) in [6, 6.07) is 9.65. The molecule has 0 radical (unpaired) electrons. The van der Waals surface area contributed by atoms with Gasteiger partial charge in [0.2, 0.25) is 5.91 Å². The van der Waals surface area contributed by atoms with Crippen molar-refractivity contribution < 1.29 is 9.59 Å². The molecule has 2 amide bonds. The van der Waals surface area contributed by atoms with Crippen LogP contribution in [0, 0.1) is 0 Å². The molecule has 104 valence electrons. The Bertz CT molecular complexity index is 770. The molecule has 1 N–H and O–H groups in total. The Labute approximate surface area is 121 Å². The lowest BCUT2D eigenvalue weighted by Crippen LogP contribution is -2.29. The van der Waals surface area contributed by atoms with Crippen LogP contribution in [0.25, 0.3) is 0 Å². The largest absolute Gasteiger partial charge is 0.324 e. The third kappa shape index (κ3) is 1.89. The molecule has 2 aliphatic heterocycles. The van der Waals surface area contributed by atoms with Crippen LogP contribution in [-0.4, -0.2) is 23.3 Å². The highest BCUT2D eigenvalue weighted by Crippen LogP contribution is 2.30. The standard InChI is InChI=1S/C16H13N3O2/c20-15-8-12-13(18-15)7-11(9-17-12)16(21)19-6-5-10-3-1-2-4-14(10)19/h1-4,7,9H,5-6,8H2,(H,18,20). The molecule has 0 atom stereocenters. The van der Waals surface area contributed by atoms with E-state index in [-0.39, 0.29) is 18.2 Å². The van der Waals surface area contributed by atoms with Crippen molar-refractivity contribution in [2.45, 2.75) is 12.8 Å². The molecule has 5 nitrogen and oxygen atoms in total. The Morgan fingerprint density at radius 3 is 3.05 bits per heavy atom. The van der Waals surface area contributed by atoms with Crippen LogP contribution in [0.15, 0.2) is 36.5 Å². The van der Waals surface area contributed by atoms with Crippen molar-refractivity contribution in [2.75, 3.05) is 16.8 Å². The lowest BCUT2D eigenvalue weighted by atomic mass is 10.1. The van der Waals surface area contributed by atoms with E-state index in [4.69, 9.17) is 0 Å². The van der Waals surface area contributed by atoms with Gasteiger partial charge in [0.25, 0.3) is 5.91 Å². The fraction of sp³-hybridized carbons (Fsp3) is 0.188. The monoisotopic (exact) mass is 279 g/mol. The van der Waals surface area contributed by atoms with E-state index in [0.29, 0.717) is 23.5 Å². The van der Waals surface area contributed by atoms with E-state index in [2.05, 4.69) is 10.3 Å². The van der Waals surface area contributed by atoms with Gasteiger partial charge in [0.05, 0.1) is 23.4 Å². The van der Waals surface area contributed by atoms with Crippen LogP contribution < -0.4 is 10.2 Å². The van der Waals surface area contributed by atoms with E-state index < -0.39 is 0 Å². The number of hydrogen-bond acceptors (Lipinski definition) is 3. The Morgan fingerprint density at radius 1 is 1.29 bits per heavy atom. The van der Waals surface area contributed by atoms with Crippen LogP contribution >= 0.6 is 0 Å². The summed E-state index contributed by atoms with van der Waals surface area (Å²) in [4.78, 5) is 30.0. The summed E-state index contributed by atoms with van der Waals surface area (Å²) in [5, 5.41) is 2.73. The predicted molar refractivity (Wildman–Crippen MR) is 78.4 cm³/mol. The van der Waals surface area contributed by atoms with Gasteiger partial charge in [-0.3, -0.25) is 14.6 Å². The minimum Gasteiger partial charge on any atom is -0.324 e. The van der Waals surface area contributed by atoms with E-state index in [9.17, 15) is 9.59 Å². The zero-order valence-electron chi connectivity index (χ0n) is 11.3. The number of pyridine rings is 1. The second kappa shape index (κ2) is 4.41. The van der Waals surface area contributed by atoms with E-state index >= 15 is 0 Å². The second-order valence-electron chi connectivity index (χ2n) is 5.28. The number of fused-ring (bicyclic) bond motifs is 2. The molecule has 5 heteroatoms. The molecule has 21 heavy (non-hydrogen) atoms. The zero-order valence-corrected chi connectivity index (χ0v) is 11.3. The molecule has 0 saturated carbocycles. The van der Waals surface area contributed by atoms with Gasteiger partial charge in [-0.05, 0) is 24.1 Å². The molecule has 0 bridgehead atoms. The van der Waals surface area contributed by atoms with Crippen LogP contribution in [0.2, 0.25) is 0 Å². The predicted octanol–water partition coefficient (Wildman–Crippen LogP) is 1.78. The molecule has 2 aliphatic rings. The van der Waals surface area contributed by atoms with Crippen LogP contribution in [-0.2, 0) is 17.6 Å². The number of benzene rings is 1. The van der Waals surface area contributed by atoms with Gasteiger partial charge in [0, 0.05) is 18.4 Å². The lowest BCUT2D eigenvalue weighted by Gasteiger charge is -2.17. The van der Waals surface area contributed by atoms with Crippen molar-refractivity contribution in [3.8, 4) is 0 Å². The number of carbonyl (C=O) groups excluding carboxylic acids is 2. The Morgan fingerprint density at radius 2 is 2.14 bits per heavy atom. The van der Waals surface area contributed by atoms with E-state index in [1.54, 1.807) is 17.2 Å². The van der Waals surface area contributed by atoms with E-state index in [1.807, 2.05) is 24.3 Å². The van der Waals surface area contributed by atoms with Crippen LogP contribution in [0.3, 0.4) is 0 Å². The number of hydrogen-bond donors (Lipinski definition) is 1. The molecule has 0 unspecified atom stereocenters. The van der Waals surface area contributed by atoms with Crippen molar-refractivity contribution in [3.63, 3.8) is 0 Å². The topological polar surface area (TPSA) is 62.3 Å². The van der Waals surface area contributed by atoms with Gasteiger partial charge in [0.1, 0.15) is 0 Å². The average molecular weight is 279 g/mol. The number of nitrogens with zero attached hydrogens (tertiary/aromatic N) is 2. The second-order valence-corrected chi connectivity index (χ2v) is 5.28. The first kappa shape index (κ1) is 12.1. The molecular formula is C16H13N3O2. The third-order valence-corrected chi connectivity index (χ3v) is 3.95. The summed E-state index contributed by atoms with van der Waals surface area (Å²) >= 11 is 0. The minimum atomic E-state index is -0.0754. The van der Waals surface area contributed by atoms with Gasteiger partial charge >= 0.3 is 0 Å². The fourth-order valence-electron chi connectivity index (χ4n) is 2.91. The zero-order chi connectivity index (χ0) is 14.4. The molecule has 0 fully saturated rings. The number of carbonyl (C=O) groups is 2. The van der Waals surface area contributed by atoms with Gasteiger partial charge in [-0.15, -0.1) is 0 Å². The summed E-state index contributed by atoms with van der Waals surface area (Å²) in [7, 11) is 0. The first-order chi connectivity index (χ1) is 10.2. The quantitative estimate of drug-likeness (QED) is 0.865. The molecule has 0 aliphatic carbocycles. The van der Waals surface area contributed by atoms with Gasteiger partial charge in [-0.1, -0.05) is 18.2 Å². The first-order valence-electron chi connectivity index (χ1n) is 6.91. The highest BCUT2D eigenvalue weighted by atomic mass is 16.2. The number of aromatic nitrogens is 1. The number of nitrogens with one attached hydrogen (secondary N) is 1. The van der Waals surface area contributed by atoms with Gasteiger partial charge in [-0.2, -0.15) is 0 Å². The van der Waals surface area contributed by atoms with Crippen molar-refractivity contribution in [1.29, 1.82) is 0 Å². The Kier molecular flexibility index (Phi) is 2.54. The average Bonchev–Trinajstić information content (AvgIpc) is 3.07. The Hall–Kier alpha value is -2.69. The van der Waals surface area contributed by atoms with Crippen LogP contribution in [0.4, 0.5) is 11.4 Å². The summed E-state index contributed by atoms with van der Waals surface area (Å²) in [6.45, 7) is 0.682.